The molecule has 4 aliphatic heterocycles. The van der Waals surface area contributed by atoms with Crippen LogP contribution in [0.25, 0.3) is 0 Å². The quantitative estimate of drug-likeness (QED) is 0.619. The van der Waals surface area contributed by atoms with Gasteiger partial charge >= 0.3 is 0 Å². The van der Waals surface area contributed by atoms with Crippen LogP contribution in [-0.2, 0) is 9.59 Å². The first kappa shape index (κ1) is 22.9. The molecule has 35 heavy (non-hydrogen) atoms. The van der Waals surface area contributed by atoms with Gasteiger partial charge < -0.3 is 19.3 Å². The Bertz CT molecular complexity index is 1040. The van der Waals surface area contributed by atoms with E-state index in [1.54, 1.807) is 25.2 Å². The van der Waals surface area contributed by atoms with Crippen LogP contribution in [0.4, 0.5) is 5.69 Å². The molecule has 6 rings (SSSR count). The third kappa shape index (κ3) is 3.92. The number of methoxy groups -OCH3 is 2. The molecular formula is C28H37N3O4. The van der Waals surface area contributed by atoms with E-state index in [4.69, 9.17) is 9.47 Å². The summed E-state index contributed by atoms with van der Waals surface area (Å²) in [4.78, 5) is 33.6. The molecule has 5 atom stereocenters. The summed E-state index contributed by atoms with van der Waals surface area (Å²) in [5.74, 6) is 2.27. The number of anilines is 1. The second-order valence-corrected chi connectivity index (χ2v) is 11.0. The summed E-state index contributed by atoms with van der Waals surface area (Å²) in [6.45, 7) is 3.54. The average Bonchev–Trinajstić information content (AvgIpc) is 3.28. The molecule has 5 unspecified atom stereocenters. The van der Waals surface area contributed by atoms with Gasteiger partial charge in [-0.2, -0.15) is 0 Å². The Morgan fingerprint density at radius 2 is 1.94 bits per heavy atom. The smallest absolute Gasteiger partial charge is 0.228 e. The molecule has 0 saturated carbocycles. The molecule has 2 amide bonds. The van der Waals surface area contributed by atoms with Crippen LogP contribution >= 0.6 is 0 Å². The number of fused-ring (bicyclic) bond motifs is 6. The number of piperidine rings is 3. The Labute approximate surface area is 208 Å². The predicted octanol–water partition coefficient (Wildman–Crippen LogP) is 3.48. The van der Waals surface area contributed by atoms with Gasteiger partial charge in [-0.1, -0.05) is 18.1 Å². The molecule has 7 nitrogen and oxygen atoms in total. The molecule has 2 bridgehead atoms. The summed E-state index contributed by atoms with van der Waals surface area (Å²) in [5.41, 5.74) is 2.20. The lowest BCUT2D eigenvalue weighted by Crippen LogP contribution is -2.60. The molecule has 0 spiro atoms. The van der Waals surface area contributed by atoms with E-state index < -0.39 is 0 Å². The maximum Gasteiger partial charge on any atom is 0.228 e. The van der Waals surface area contributed by atoms with Crippen molar-refractivity contribution < 1.29 is 19.1 Å². The summed E-state index contributed by atoms with van der Waals surface area (Å²) in [5, 5.41) is 0. The fourth-order valence-corrected chi connectivity index (χ4v) is 7.57. The zero-order valence-electron chi connectivity index (χ0n) is 20.9. The second-order valence-electron chi connectivity index (χ2n) is 11.0. The topological polar surface area (TPSA) is 62.3 Å². The Hall–Kier alpha value is -2.54. The number of amides is 2. The first-order valence-corrected chi connectivity index (χ1v) is 13.3. The van der Waals surface area contributed by atoms with Crippen molar-refractivity contribution in [3.05, 3.63) is 29.8 Å². The van der Waals surface area contributed by atoms with Gasteiger partial charge in [-0.05, 0) is 62.6 Å². The molecule has 1 aromatic rings. The van der Waals surface area contributed by atoms with Crippen LogP contribution in [0.15, 0.2) is 29.8 Å². The third-order valence-electron chi connectivity index (χ3n) is 9.09. The summed E-state index contributed by atoms with van der Waals surface area (Å²) >= 11 is 0. The molecule has 0 radical (unpaired) electrons. The van der Waals surface area contributed by atoms with Crippen molar-refractivity contribution in [2.24, 2.45) is 17.8 Å². The maximum absolute atomic E-state index is 13.9. The predicted molar refractivity (Wildman–Crippen MR) is 134 cm³/mol. The van der Waals surface area contributed by atoms with Crippen molar-refractivity contribution in [2.75, 3.05) is 45.3 Å². The van der Waals surface area contributed by atoms with Crippen molar-refractivity contribution in [1.29, 1.82) is 0 Å². The van der Waals surface area contributed by atoms with Crippen LogP contribution in [-0.4, -0.2) is 74.1 Å². The lowest BCUT2D eigenvalue weighted by atomic mass is 9.68. The minimum Gasteiger partial charge on any atom is -0.497 e. The molecule has 5 aliphatic rings. The number of hydrogen-bond donors (Lipinski definition) is 0. The van der Waals surface area contributed by atoms with Crippen molar-refractivity contribution in [1.82, 2.24) is 9.80 Å². The molecule has 4 saturated heterocycles. The fourth-order valence-electron chi connectivity index (χ4n) is 7.57. The zero-order chi connectivity index (χ0) is 24.1. The number of carbonyl (C=O) groups excluding carboxylic acids is 2. The van der Waals surface area contributed by atoms with E-state index in [0.29, 0.717) is 41.6 Å². The van der Waals surface area contributed by atoms with E-state index in [0.717, 1.165) is 25.9 Å². The van der Waals surface area contributed by atoms with E-state index in [1.165, 1.54) is 37.8 Å². The second kappa shape index (κ2) is 9.16. The minimum atomic E-state index is -0.308. The number of ether oxygens (including phenoxy) is 2. The van der Waals surface area contributed by atoms with Gasteiger partial charge in [0, 0.05) is 38.2 Å². The fraction of sp³-hybridized carbons (Fsp3) is 0.643. The van der Waals surface area contributed by atoms with Gasteiger partial charge in [0.2, 0.25) is 11.8 Å². The maximum atomic E-state index is 13.9. The zero-order valence-corrected chi connectivity index (χ0v) is 20.9. The van der Waals surface area contributed by atoms with E-state index in [1.807, 2.05) is 12.1 Å². The SMILES string of the molecule is COc1ccc(N2CC(C(=O)N3CCCC4=CC5CC(CN6CCCCC56)C43)CC2=O)c(OC)c1. The normalized spacial score (nSPS) is 32.6. The van der Waals surface area contributed by atoms with Gasteiger partial charge in [0.05, 0.1) is 31.9 Å². The molecule has 7 heteroatoms. The largest absolute Gasteiger partial charge is 0.497 e. The van der Waals surface area contributed by atoms with Gasteiger partial charge in [0.25, 0.3) is 0 Å². The van der Waals surface area contributed by atoms with Crippen molar-refractivity contribution in [3.63, 3.8) is 0 Å². The number of hydrogen-bond acceptors (Lipinski definition) is 5. The number of likely N-dealkylation sites (tertiary alicyclic amines) is 1. The number of carbonyl (C=O) groups is 2. The van der Waals surface area contributed by atoms with E-state index in [9.17, 15) is 9.59 Å². The third-order valence-corrected chi connectivity index (χ3v) is 9.09. The summed E-state index contributed by atoms with van der Waals surface area (Å²) in [6.07, 6.45) is 10.1. The Morgan fingerprint density at radius 1 is 1.06 bits per heavy atom. The lowest BCUT2D eigenvalue weighted by molar-refractivity contribution is -0.140. The molecule has 188 valence electrons. The first-order valence-electron chi connectivity index (χ1n) is 13.3. The highest BCUT2D eigenvalue weighted by Gasteiger charge is 2.48. The Balaban J connectivity index is 1.22. The number of benzene rings is 1. The lowest BCUT2D eigenvalue weighted by Gasteiger charge is -2.55. The molecule has 4 heterocycles. The van der Waals surface area contributed by atoms with E-state index in [-0.39, 0.29) is 30.2 Å². The van der Waals surface area contributed by atoms with Crippen molar-refractivity contribution in [2.45, 2.75) is 57.0 Å². The standard InChI is InChI=1S/C28H37N3O4/c1-34-22-8-9-24(25(15-22)35-2)31-17-21(14-26(31)32)28(33)30-11-5-6-18-12-19-13-20(27(18)30)16-29-10-4-3-7-23(19)29/h8-9,12,15,19-21,23,27H,3-7,10-11,13-14,16-17H2,1-2H3. The Kier molecular flexibility index (Phi) is 5.99. The van der Waals surface area contributed by atoms with Crippen LogP contribution in [0.3, 0.4) is 0 Å². The van der Waals surface area contributed by atoms with Gasteiger partial charge in [-0.25, -0.2) is 0 Å². The van der Waals surface area contributed by atoms with Crippen LogP contribution < -0.4 is 14.4 Å². The molecule has 4 fully saturated rings. The van der Waals surface area contributed by atoms with Crippen LogP contribution in [0.1, 0.15) is 44.9 Å². The van der Waals surface area contributed by atoms with E-state index in [2.05, 4.69) is 15.9 Å². The number of nitrogens with zero attached hydrogens (tertiary/aromatic N) is 3. The Morgan fingerprint density at radius 3 is 2.77 bits per heavy atom. The highest BCUT2D eigenvalue weighted by atomic mass is 16.5. The molecule has 1 aromatic carbocycles. The highest BCUT2D eigenvalue weighted by molar-refractivity contribution is 6.01. The summed E-state index contributed by atoms with van der Waals surface area (Å²) in [7, 11) is 3.20. The van der Waals surface area contributed by atoms with Gasteiger partial charge in [0.15, 0.2) is 0 Å². The van der Waals surface area contributed by atoms with Gasteiger partial charge in [-0.3, -0.25) is 14.5 Å². The minimum absolute atomic E-state index is 0.0166. The van der Waals surface area contributed by atoms with Crippen LogP contribution in [0.2, 0.25) is 0 Å². The van der Waals surface area contributed by atoms with Gasteiger partial charge in [-0.15, -0.1) is 0 Å². The summed E-state index contributed by atoms with van der Waals surface area (Å²) in [6, 6.07) is 6.39. The van der Waals surface area contributed by atoms with Crippen molar-refractivity contribution >= 4 is 17.5 Å². The van der Waals surface area contributed by atoms with Crippen LogP contribution in [0, 0.1) is 17.8 Å². The van der Waals surface area contributed by atoms with Gasteiger partial charge in [0.1, 0.15) is 11.5 Å². The van der Waals surface area contributed by atoms with E-state index >= 15 is 0 Å². The summed E-state index contributed by atoms with van der Waals surface area (Å²) < 4.78 is 10.8. The van der Waals surface area contributed by atoms with Crippen molar-refractivity contribution in [3.8, 4) is 11.5 Å². The molecule has 0 aromatic heterocycles. The molecule has 0 N–H and O–H groups in total. The molecule has 1 aliphatic carbocycles. The monoisotopic (exact) mass is 479 g/mol. The highest BCUT2D eigenvalue weighted by Crippen LogP contribution is 2.46. The van der Waals surface area contributed by atoms with Crippen LogP contribution in [0.5, 0.6) is 11.5 Å². The first-order chi connectivity index (χ1) is 17.1. The average molecular weight is 480 g/mol. The molecular weight excluding hydrogens is 442 g/mol. The number of rotatable bonds is 4.